The Morgan fingerprint density at radius 3 is 1.78 bits per heavy atom. The Labute approximate surface area is 294 Å². The molecule has 0 atom stereocenters. The van der Waals surface area contributed by atoms with Crippen molar-refractivity contribution in [3.8, 4) is 22.3 Å². The molecule has 1 aromatic heterocycles. The summed E-state index contributed by atoms with van der Waals surface area (Å²) in [5.41, 5.74) is 8.34. The van der Waals surface area contributed by atoms with Crippen molar-refractivity contribution in [3.63, 3.8) is 0 Å². The van der Waals surface area contributed by atoms with Crippen LogP contribution in [0.2, 0.25) is 0 Å². The van der Waals surface area contributed by atoms with Crippen LogP contribution in [0, 0.1) is 0 Å². The maximum atomic E-state index is 2.48. The molecule has 0 aliphatic rings. The summed E-state index contributed by atoms with van der Waals surface area (Å²) in [6, 6.07) is 68.7. The lowest BCUT2D eigenvalue weighted by atomic mass is 9.96. The van der Waals surface area contributed by atoms with Crippen molar-refractivity contribution < 1.29 is 0 Å². The third-order valence-electron chi connectivity index (χ3n) is 10.1. The second-order valence-corrected chi connectivity index (χ2v) is 13.9. The minimum absolute atomic E-state index is 1.12. The summed E-state index contributed by atoms with van der Waals surface area (Å²) < 4.78 is 2.63. The van der Waals surface area contributed by atoms with Crippen LogP contribution in [-0.4, -0.2) is 0 Å². The number of rotatable bonds is 5. The van der Waals surface area contributed by atoms with Gasteiger partial charge in [0.2, 0.25) is 0 Å². The zero-order valence-corrected chi connectivity index (χ0v) is 28.1. The molecule has 0 spiro atoms. The fourth-order valence-electron chi connectivity index (χ4n) is 7.75. The molecule has 0 amide bonds. The van der Waals surface area contributed by atoms with Gasteiger partial charge in [0.15, 0.2) is 0 Å². The maximum Gasteiger partial charge on any atom is 0.0546 e. The summed E-state index contributed by atoms with van der Waals surface area (Å²) in [6.45, 7) is 0. The van der Waals surface area contributed by atoms with Crippen molar-refractivity contribution in [2.24, 2.45) is 0 Å². The average molecular weight is 654 g/mol. The Bertz CT molecular complexity index is 2870. The quantitative estimate of drug-likeness (QED) is 0.167. The van der Waals surface area contributed by atoms with Gasteiger partial charge in [0, 0.05) is 42.4 Å². The molecule has 0 N–H and O–H groups in total. The van der Waals surface area contributed by atoms with Gasteiger partial charge in [-0.2, -0.15) is 0 Å². The van der Waals surface area contributed by atoms with E-state index in [1.807, 2.05) is 11.3 Å². The molecule has 10 rings (SSSR count). The van der Waals surface area contributed by atoms with Crippen molar-refractivity contribution in [1.29, 1.82) is 0 Å². The molecule has 2 heteroatoms. The summed E-state index contributed by atoms with van der Waals surface area (Å²) in [4.78, 5) is 2.48. The molecule has 0 bridgehead atoms. The fourth-order valence-corrected chi connectivity index (χ4v) is 8.98. The Hall–Kier alpha value is -6.22. The first kappa shape index (κ1) is 28.8. The molecule has 1 heterocycles. The van der Waals surface area contributed by atoms with Gasteiger partial charge in [-0.3, -0.25) is 0 Å². The second kappa shape index (κ2) is 11.7. The summed E-state index contributed by atoms with van der Waals surface area (Å²) in [6.07, 6.45) is 0. The first-order valence-corrected chi connectivity index (χ1v) is 17.9. The minimum Gasteiger partial charge on any atom is -0.309 e. The summed E-state index contributed by atoms with van der Waals surface area (Å²) in [7, 11) is 0. The average Bonchev–Trinajstić information content (AvgIpc) is 3.57. The SMILES string of the molecule is c1ccc(N(c2ccc(-c3cccc4ccccc34)cc2)c2cc3ccccc3c3ccccc23)c(-c2cccc3c2sc2ccccc23)c1. The van der Waals surface area contributed by atoms with E-state index in [9.17, 15) is 0 Å². The molecule has 234 valence electrons. The normalized spacial score (nSPS) is 11.6. The van der Waals surface area contributed by atoms with Crippen molar-refractivity contribution >= 4 is 80.9 Å². The molecule has 0 unspecified atom stereocenters. The minimum atomic E-state index is 1.12. The highest BCUT2D eigenvalue weighted by atomic mass is 32.1. The topological polar surface area (TPSA) is 3.24 Å². The third-order valence-corrected chi connectivity index (χ3v) is 11.3. The number of benzene rings is 9. The van der Waals surface area contributed by atoms with Gasteiger partial charge in [0.1, 0.15) is 0 Å². The van der Waals surface area contributed by atoms with Crippen molar-refractivity contribution in [2.45, 2.75) is 0 Å². The van der Waals surface area contributed by atoms with Crippen LogP contribution >= 0.6 is 11.3 Å². The van der Waals surface area contributed by atoms with Gasteiger partial charge < -0.3 is 4.90 Å². The van der Waals surface area contributed by atoms with Gasteiger partial charge in [-0.15, -0.1) is 11.3 Å². The Balaban J connectivity index is 1.24. The standard InChI is InChI=1S/C48H31NS/c1-3-16-36-32(13-1)15-11-22-37(36)33-27-29-35(30-28-33)49(46-31-34-14-2-4-17-38(34)39-18-5-6-19-40(39)46)45-25-9-7-20-41(45)43-23-12-24-44-42-21-8-10-26-47(42)50-48(43)44/h1-31H. The predicted molar refractivity (Wildman–Crippen MR) is 217 cm³/mol. The van der Waals surface area contributed by atoms with E-state index >= 15 is 0 Å². The number of thiophene rings is 1. The summed E-state index contributed by atoms with van der Waals surface area (Å²) >= 11 is 1.88. The molecular weight excluding hydrogens is 623 g/mol. The van der Waals surface area contributed by atoms with Crippen LogP contribution in [0.1, 0.15) is 0 Å². The van der Waals surface area contributed by atoms with E-state index in [0.717, 1.165) is 17.1 Å². The van der Waals surface area contributed by atoms with E-state index in [2.05, 4.69) is 193 Å². The van der Waals surface area contributed by atoms with E-state index in [-0.39, 0.29) is 0 Å². The number of hydrogen-bond acceptors (Lipinski definition) is 2. The van der Waals surface area contributed by atoms with E-state index in [4.69, 9.17) is 0 Å². The largest absolute Gasteiger partial charge is 0.309 e. The second-order valence-electron chi connectivity index (χ2n) is 12.9. The van der Waals surface area contributed by atoms with E-state index in [1.165, 1.54) is 74.7 Å². The maximum absolute atomic E-state index is 2.48. The van der Waals surface area contributed by atoms with Crippen LogP contribution in [0.3, 0.4) is 0 Å². The number of anilines is 3. The molecule has 0 radical (unpaired) electrons. The van der Waals surface area contributed by atoms with E-state index < -0.39 is 0 Å². The lowest BCUT2D eigenvalue weighted by Gasteiger charge is -2.30. The molecule has 50 heavy (non-hydrogen) atoms. The third kappa shape index (κ3) is 4.61. The summed E-state index contributed by atoms with van der Waals surface area (Å²) in [5.74, 6) is 0. The van der Waals surface area contributed by atoms with Gasteiger partial charge in [0.25, 0.3) is 0 Å². The summed E-state index contributed by atoms with van der Waals surface area (Å²) in [5, 5.41) is 10.1. The Morgan fingerprint density at radius 2 is 0.920 bits per heavy atom. The molecular formula is C48H31NS. The molecule has 1 nitrogen and oxygen atoms in total. The molecule has 10 aromatic rings. The van der Waals surface area contributed by atoms with Gasteiger partial charge in [0.05, 0.1) is 11.4 Å². The Morgan fingerprint density at radius 1 is 0.340 bits per heavy atom. The van der Waals surface area contributed by atoms with Crippen LogP contribution in [0.5, 0.6) is 0 Å². The molecule has 0 saturated carbocycles. The zero-order chi connectivity index (χ0) is 33.0. The molecule has 0 aliphatic carbocycles. The first-order chi connectivity index (χ1) is 24.8. The predicted octanol–water partition coefficient (Wildman–Crippen LogP) is 14.3. The highest BCUT2D eigenvalue weighted by molar-refractivity contribution is 7.26. The molecule has 0 fully saturated rings. The lowest BCUT2D eigenvalue weighted by Crippen LogP contribution is -2.12. The number of fused-ring (bicyclic) bond motifs is 7. The van der Waals surface area contributed by atoms with Crippen LogP contribution < -0.4 is 4.90 Å². The van der Waals surface area contributed by atoms with Crippen LogP contribution in [0.4, 0.5) is 17.1 Å². The highest BCUT2D eigenvalue weighted by Gasteiger charge is 2.22. The van der Waals surface area contributed by atoms with Gasteiger partial charge in [-0.25, -0.2) is 0 Å². The molecule has 9 aromatic carbocycles. The van der Waals surface area contributed by atoms with Crippen LogP contribution in [0.15, 0.2) is 188 Å². The molecule has 0 saturated heterocycles. The number of nitrogens with zero attached hydrogens (tertiary/aromatic N) is 1. The smallest absolute Gasteiger partial charge is 0.0546 e. The first-order valence-electron chi connectivity index (χ1n) is 17.1. The van der Waals surface area contributed by atoms with Crippen LogP contribution in [-0.2, 0) is 0 Å². The van der Waals surface area contributed by atoms with Gasteiger partial charge in [-0.05, 0) is 68.4 Å². The van der Waals surface area contributed by atoms with Gasteiger partial charge in [-0.1, -0.05) is 158 Å². The zero-order valence-electron chi connectivity index (χ0n) is 27.3. The van der Waals surface area contributed by atoms with E-state index in [0.29, 0.717) is 0 Å². The monoisotopic (exact) mass is 653 g/mol. The highest BCUT2D eigenvalue weighted by Crippen LogP contribution is 2.48. The lowest BCUT2D eigenvalue weighted by molar-refractivity contribution is 1.30. The molecule has 0 aliphatic heterocycles. The number of hydrogen-bond donors (Lipinski definition) is 0. The van der Waals surface area contributed by atoms with Crippen molar-refractivity contribution in [1.82, 2.24) is 0 Å². The van der Waals surface area contributed by atoms with E-state index in [1.54, 1.807) is 0 Å². The van der Waals surface area contributed by atoms with Gasteiger partial charge >= 0.3 is 0 Å². The van der Waals surface area contributed by atoms with Crippen LogP contribution in [0.25, 0.3) is 74.7 Å². The fraction of sp³-hybridized carbons (Fsp3) is 0. The number of para-hydroxylation sites is 1. The van der Waals surface area contributed by atoms with Crippen molar-refractivity contribution in [2.75, 3.05) is 4.90 Å². The Kier molecular flexibility index (Phi) is 6.75. The van der Waals surface area contributed by atoms with Crippen molar-refractivity contribution in [3.05, 3.63) is 188 Å².